The van der Waals surface area contributed by atoms with Gasteiger partial charge >= 0.3 is 0 Å². The lowest BCUT2D eigenvalue weighted by molar-refractivity contribution is -0.688. The van der Waals surface area contributed by atoms with Gasteiger partial charge in [-0.1, -0.05) is 54.6 Å². The summed E-state index contributed by atoms with van der Waals surface area (Å²) in [7, 11) is 0. The number of nitrogens with zero attached hydrogens (tertiary/aromatic N) is 2. The van der Waals surface area contributed by atoms with E-state index in [1.807, 2.05) is 18.5 Å². The molecule has 6 aromatic carbocycles. The maximum absolute atomic E-state index is 15.4. The SMILES string of the molecule is Cc1ccccc1-c1c[n+](Cc2ccccc2)ccn1.Fc1c(F)c(F)c([B-](c2c(F)c(F)c(F)c(F)c2F)(c2c(F)c(F)c(F)c(F)c2F)c2c(F)c(F)c(F)c(F)c2F)c(F)c1F. The molecule has 0 aliphatic carbocycles. The third-order valence-electron chi connectivity index (χ3n) is 10.1. The molecule has 0 radical (unpaired) electrons. The van der Waals surface area contributed by atoms with E-state index in [-0.39, 0.29) is 0 Å². The molecular formula is C42H17BF20N2. The second kappa shape index (κ2) is 17.9. The van der Waals surface area contributed by atoms with Crippen molar-refractivity contribution in [3.05, 3.63) is 201 Å². The van der Waals surface area contributed by atoms with Crippen LogP contribution in [0.1, 0.15) is 11.1 Å². The minimum absolute atomic E-state index is 0.863. The number of hydrogen-bond donors (Lipinski definition) is 0. The van der Waals surface area contributed by atoms with Crippen molar-refractivity contribution in [2.75, 3.05) is 0 Å². The average Bonchev–Trinajstić information content (AvgIpc) is 3.29. The molecule has 1 aromatic heterocycles. The summed E-state index contributed by atoms with van der Waals surface area (Å²) >= 11 is 0. The van der Waals surface area contributed by atoms with Gasteiger partial charge in [-0.05, 0) is 12.5 Å². The van der Waals surface area contributed by atoms with Gasteiger partial charge in [-0.15, -0.1) is 21.9 Å². The Morgan fingerprint density at radius 1 is 0.385 bits per heavy atom. The monoisotopic (exact) mass is 940 g/mol. The van der Waals surface area contributed by atoms with Gasteiger partial charge < -0.3 is 0 Å². The Balaban J connectivity index is 0.000000289. The van der Waals surface area contributed by atoms with Gasteiger partial charge in [0.25, 0.3) is 0 Å². The Bertz CT molecular complexity index is 2660. The smallest absolute Gasteiger partial charge is 0.200 e. The molecule has 0 unspecified atom stereocenters. The van der Waals surface area contributed by atoms with Crippen molar-refractivity contribution in [3.63, 3.8) is 0 Å². The average molecular weight is 940 g/mol. The third kappa shape index (κ3) is 7.68. The number of benzene rings is 6. The molecule has 65 heavy (non-hydrogen) atoms. The molecule has 7 rings (SSSR count). The second-order valence-electron chi connectivity index (χ2n) is 13.7. The number of hydrogen-bond acceptors (Lipinski definition) is 1. The van der Waals surface area contributed by atoms with Crippen LogP contribution in [0.4, 0.5) is 87.8 Å². The number of halogens is 20. The first kappa shape index (κ1) is 47.5. The largest absolute Gasteiger partial charge is 0.244 e. The van der Waals surface area contributed by atoms with Crippen molar-refractivity contribution in [1.82, 2.24) is 4.98 Å². The van der Waals surface area contributed by atoms with Crippen LogP contribution in [-0.4, -0.2) is 11.1 Å². The molecule has 0 fully saturated rings. The van der Waals surface area contributed by atoms with Crippen molar-refractivity contribution < 1.29 is 92.4 Å². The van der Waals surface area contributed by atoms with Gasteiger partial charge in [0.15, 0.2) is 88.7 Å². The Labute approximate surface area is 350 Å². The molecule has 1 heterocycles. The molecule has 0 bridgehead atoms. The zero-order valence-corrected chi connectivity index (χ0v) is 31.7. The molecule has 0 aliphatic heterocycles. The lowest BCUT2D eigenvalue weighted by Crippen LogP contribution is -2.81. The van der Waals surface area contributed by atoms with Crippen molar-refractivity contribution in [1.29, 1.82) is 0 Å². The Morgan fingerprint density at radius 2 is 0.677 bits per heavy atom. The summed E-state index contributed by atoms with van der Waals surface area (Å²) in [6.07, 6.45) is -1.24. The van der Waals surface area contributed by atoms with E-state index in [4.69, 9.17) is 0 Å². The van der Waals surface area contributed by atoms with Crippen LogP contribution in [0.5, 0.6) is 0 Å². The summed E-state index contributed by atoms with van der Waals surface area (Å²) < 4.78 is 296. The highest BCUT2D eigenvalue weighted by molar-refractivity contribution is 7.20. The molecule has 0 N–H and O–H groups in total. The predicted octanol–water partition coefficient (Wildman–Crippen LogP) is 9.24. The summed E-state index contributed by atoms with van der Waals surface area (Å²) in [5.41, 5.74) is -9.59. The summed E-state index contributed by atoms with van der Waals surface area (Å²) in [5, 5.41) is 0. The fourth-order valence-corrected chi connectivity index (χ4v) is 7.20. The summed E-state index contributed by atoms with van der Waals surface area (Å²) in [5.74, 6) is -71.4. The molecule has 0 spiro atoms. The maximum Gasteiger partial charge on any atom is 0.200 e. The van der Waals surface area contributed by atoms with Gasteiger partial charge in [0.1, 0.15) is 58.4 Å². The quantitative estimate of drug-likeness (QED) is 0.0513. The normalized spacial score (nSPS) is 11.5. The van der Waals surface area contributed by atoms with E-state index in [9.17, 15) is 52.7 Å². The van der Waals surface area contributed by atoms with E-state index in [1.165, 1.54) is 16.7 Å². The maximum atomic E-state index is 15.4. The molecule has 0 amide bonds. The molecular weight excluding hydrogens is 923 g/mol. The summed E-state index contributed by atoms with van der Waals surface area (Å²) in [6.45, 7) is 2.98. The van der Waals surface area contributed by atoms with Crippen LogP contribution in [0.25, 0.3) is 11.3 Å². The number of rotatable bonds is 7. The van der Waals surface area contributed by atoms with Gasteiger partial charge in [0.2, 0.25) is 0 Å². The van der Waals surface area contributed by atoms with Crippen LogP contribution < -0.4 is 26.4 Å². The molecule has 0 atom stereocenters. The second-order valence-corrected chi connectivity index (χ2v) is 13.7. The van der Waals surface area contributed by atoms with Crippen LogP contribution in [0.2, 0.25) is 0 Å². The fraction of sp³-hybridized carbons (Fsp3) is 0.0476. The van der Waals surface area contributed by atoms with Crippen LogP contribution in [0.3, 0.4) is 0 Å². The first-order valence-electron chi connectivity index (χ1n) is 17.7. The van der Waals surface area contributed by atoms with E-state index in [0.29, 0.717) is 0 Å². The van der Waals surface area contributed by atoms with Gasteiger partial charge in [-0.3, -0.25) is 0 Å². The Morgan fingerprint density at radius 3 is 1.00 bits per heavy atom. The van der Waals surface area contributed by atoms with Crippen LogP contribution in [-0.2, 0) is 6.54 Å². The Kier molecular flexibility index (Phi) is 13.1. The molecule has 0 saturated carbocycles. The Hall–Kier alpha value is -6.94. The van der Waals surface area contributed by atoms with Crippen molar-refractivity contribution in [2.24, 2.45) is 0 Å². The molecule has 338 valence electrons. The number of aromatic nitrogens is 2. The molecule has 0 saturated heterocycles. The molecule has 7 aromatic rings. The van der Waals surface area contributed by atoms with Crippen LogP contribution in [0.15, 0.2) is 73.2 Å². The van der Waals surface area contributed by atoms with Crippen molar-refractivity contribution in [2.45, 2.75) is 13.5 Å². The minimum Gasteiger partial charge on any atom is -0.244 e. The minimum atomic E-state index is -7.22. The van der Waals surface area contributed by atoms with E-state index in [1.54, 1.807) is 0 Å². The summed E-state index contributed by atoms with van der Waals surface area (Å²) in [4.78, 5) is 4.49. The third-order valence-corrected chi connectivity index (χ3v) is 10.1. The van der Waals surface area contributed by atoms with E-state index in [0.717, 1.165) is 12.2 Å². The molecule has 23 heteroatoms. The van der Waals surface area contributed by atoms with Crippen LogP contribution >= 0.6 is 0 Å². The lowest BCUT2D eigenvalue weighted by Gasteiger charge is -2.44. The van der Waals surface area contributed by atoms with Crippen molar-refractivity contribution >= 4 is 28.0 Å². The van der Waals surface area contributed by atoms with Gasteiger partial charge in [-0.25, -0.2) is 92.8 Å². The molecule has 2 nitrogen and oxygen atoms in total. The summed E-state index contributed by atoms with van der Waals surface area (Å²) in [6, 6.07) is 18.8. The lowest BCUT2D eigenvalue weighted by atomic mass is 9.12. The highest BCUT2D eigenvalue weighted by Crippen LogP contribution is 2.31. The van der Waals surface area contributed by atoms with E-state index < -0.39 is 144 Å². The van der Waals surface area contributed by atoms with Gasteiger partial charge in [-0.2, -0.15) is 4.57 Å². The molecule has 0 aliphatic rings. The van der Waals surface area contributed by atoms with Gasteiger partial charge in [0.05, 0.1) is 6.20 Å². The van der Waals surface area contributed by atoms with Gasteiger partial charge in [0, 0.05) is 11.1 Å². The topological polar surface area (TPSA) is 16.8 Å². The van der Waals surface area contributed by atoms with Crippen molar-refractivity contribution in [3.8, 4) is 11.3 Å². The zero-order chi connectivity index (χ0) is 48.1. The fourth-order valence-electron chi connectivity index (χ4n) is 7.20. The first-order chi connectivity index (χ1) is 30.5. The highest BCUT2D eigenvalue weighted by Gasteiger charge is 2.52. The highest BCUT2D eigenvalue weighted by atomic mass is 19.2. The number of aryl methyl sites for hydroxylation is 1. The van der Waals surface area contributed by atoms with E-state index in [2.05, 4.69) is 71.2 Å². The zero-order valence-electron chi connectivity index (χ0n) is 31.7. The standard InChI is InChI=1S/C24BF20.C18H17N2/c26-5-1(6(27)14(35)21(42)13(5)34)25(2-7(28)15(36)22(43)16(37)8(2)29,3-9(30)17(38)23(44)18(39)10(3)31)4-11(32)19(40)24(45)20(41)12(4)33;1-15-7-5-6-10-17(15)18-14-20(12-11-19-18)13-16-8-3-2-4-9-16/h;2-12,14H,13H2,1H3/q-1;+1. The predicted molar refractivity (Wildman–Crippen MR) is 189 cm³/mol. The van der Waals surface area contributed by atoms with Crippen LogP contribution in [0, 0.1) is 123 Å². The van der Waals surface area contributed by atoms with E-state index >= 15 is 35.1 Å². The first-order valence-corrected chi connectivity index (χ1v) is 17.7.